The Labute approximate surface area is 111 Å². The highest BCUT2D eigenvalue weighted by Crippen LogP contribution is 2.25. The molecule has 3 nitrogen and oxygen atoms in total. The Morgan fingerprint density at radius 1 is 1.19 bits per heavy atom. The number of benzene rings is 1. The molecule has 88 valence electrons. The highest BCUT2D eigenvalue weighted by atomic mass is 127. The number of ether oxygens (including phenoxy) is 1. The van der Waals surface area contributed by atoms with Crippen LogP contribution in [0.4, 0.5) is 11.4 Å². The van der Waals surface area contributed by atoms with Crippen LogP contribution in [-0.4, -0.2) is 40.4 Å². The second-order valence-corrected chi connectivity index (χ2v) is 5.41. The maximum absolute atomic E-state index is 5.38. The van der Waals surface area contributed by atoms with Crippen molar-refractivity contribution in [2.45, 2.75) is 0 Å². The Morgan fingerprint density at radius 3 is 2.50 bits per heavy atom. The van der Waals surface area contributed by atoms with Crippen molar-refractivity contribution < 1.29 is 4.74 Å². The van der Waals surface area contributed by atoms with Crippen molar-refractivity contribution in [3.8, 4) is 0 Å². The van der Waals surface area contributed by atoms with Gasteiger partial charge in [0, 0.05) is 42.1 Å². The number of hydrogen-bond acceptors (Lipinski definition) is 3. The summed E-state index contributed by atoms with van der Waals surface area (Å²) >= 11 is 2.38. The molecule has 0 unspecified atom stereocenters. The molecule has 0 N–H and O–H groups in total. The summed E-state index contributed by atoms with van der Waals surface area (Å²) in [6, 6.07) is 6.68. The lowest BCUT2D eigenvalue weighted by atomic mass is 10.2. The van der Waals surface area contributed by atoms with Crippen molar-refractivity contribution in [1.29, 1.82) is 0 Å². The summed E-state index contributed by atoms with van der Waals surface area (Å²) in [5.74, 6) is 0. The highest BCUT2D eigenvalue weighted by molar-refractivity contribution is 14.1. The molecule has 0 aliphatic carbocycles. The van der Waals surface area contributed by atoms with Crippen LogP contribution in [0, 0.1) is 3.57 Å². The van der Waals surface area contributed by atoms with Crippen molar-refractivity contribution in [1.82, 2.24) is 0 Å². The summed E-state index contributed by atoms with van der Waals surface area (Å²) in [4.78, 5) is 4.53. The maximum Gasteiger partial charge on any atom is 0.0642 e. The molecule has 0 radical (unpaired) electrons. The van der Waals surface area contributed by atoms with Gasteiger partial charge in [0.1, 0.15) is 0 Å². The molecule has 2 rings (SSSR count). The number of morpholine rings is 1. The first-order valence-corrected chi connectivity index (χ1v) is 6.55. The molecule has 0 saturated carbocycles. The first kappa shape index (κ1) is 12.0. The average Bonchev–Trinajstić information content (AvgIpc) is 2.29. The van der Waals surface area contributed by atoms with E-state index in [4.69, 9.17) is 4.74 Å². The van der Waals surface area contributed by atoms with Crippen molar-refractivity contribution >= 4 is 34.0 Å². The molecule has 0 atom stereocenters. The third-order valence-electron chi connectivity index (χ3n) is 2.76. The van der Waals surface area contributed by atoms with Crippen LogP contribution in [0.2, 0.25) is 0 Å². The topological polar surface area (TPSA) is 15.7 Å². The van der Waals surface area contributed by atoms with Gasteiger partial charge in [-0.25, -0.2) is 0 Å². The number of halogens is 1. The zero-order valence-corrected chi connectivity index (χ0v) is 11.9. The van der Waals surface area contributed by atoms with Gasteiger partial charge in [0.05, 0.1) is 13.2 Å². The van der Waals surface area contributed by atoms with E-state index in [0.29, 0.717) is 0 Å². The molecule has 0 amide bonds. The van der Waals surface area contributed by atoms with E-state index >= 15 is 0 Å². The number of nitrogens with zero attached hydrogens (tertiary/aromatic N) is 2. The Hall–Kier alpha value is -0.490. The van der Waals surface area contributed by atoms with Gasteiger partial charge in [0.15, 0.2) is 0 Å². The summed E-state index contributed by atoms with van der Waals surface area (Å²) in [6.07, 6.45) is 0. The Kier molecular flexibility index (Phi) is 3.91. The summed E-state index contributed by atoms with van der Waals surface area (Å²) in [5.41, 5.74) is 2.56. The predicted molar refractivity (Wildman–Crippen MR) is 76.5 cm³/mol. The second-order valence-electron chi connectivity index (χ2n) is 4.16. The van der Waals surface area contributed by atoms with E-state index in [-0.39, 0.29) is 0 Å². The molecule has 4 heteroatoms. The second kappa shape index (κ2) is 5.23. The summed E-state index contributed by atoms with van der Waals surface area (Å²) in [7, 11) is 4.16. The van der Waals surface area contributed by atoms with Crippen molar-refractivity contribution in [3.05, 3.63) is 21.8 Å². The van der Waals surface area contributed by atoms with Gasteiger partial charge in [-0.3, -0.25) is 0 Å². The molecule has 0 spiro atoms. The normalized spacial score (nSPS) is 16.3. The average molecular weight is 332 g/mol. The minimum absolute atomic E-state index is 0.836. The quantitative estimate of drug-likeness (QED) is 0.773. The van der Waals surface area contributed by atoms with Gasteiger partial charge in [0.25, 0.3) is 0 Å². The fourth-order valence-electron chi connectivity index (χ4n) is 1.82. The molecular weight excluding hydrogens is 315 g/mol. The fraction of sp³-hybridized carbons (Fsp3) is 0.500. The van der Waals surface area contributed by atoms with Gasteiger partial charge in [-0.05, 0) is 40.8 Å². The molecule has 1 heterocycles. The predicted octanol–water partition coefficient (Wildman–Crippen LogP) is 2.19. The van der Waals surface area contributed by atoms with E-state index in [1.807, 2.05) is 0 Å². The summed E-state index contributed by atoms with van der Waals surface area (Å²) in [5, 5.41) is 0. The molecule has 16 heavy (non-hydrogen) atoms. The molecule has 1 aromatic rings. The molecule has 0 bridgehead atoms. The van der Waals surface area contributed by atoms with Gasteiger partial charge < -0.3 is 14.5 Å². The zero-order valence-electron chi connectivity index (χ0n) is 9.74. The van der Waals surface area contributed by atoms with Crippen LogP contribution < -0.4 is 9.80 Å². The largest absolute Gasteiger partial charge is 0.378 e. The molecule has 1 fully saturated rings. The van der Waals surface area contributed by atoms with E-state index in [0.717, 1.165) is 26.3 Å². The fourth-order valence-corrected chi connectivity index (χ4v) is 2.46. The summed E-state index contributed by atoms with van der Waals surface area (Å²) < 4.78 is 6.66. The molecule has 1 saturated heterocycles. The SMILES string of the molecule is CN(C)c1cc(I)cc(N2CCOCC2)c1. The monoisotopic (exact) mass is 332 g/mol. The van der Waals surface area contributed by atoms with Gasteiger partial charge in [0.2, 0.25) is 0 Å². The molecule has 0 aromatic heterocycles. The van der Waals surface area contributed by atoms with Gasteiger partial charge in [-0.2, -0.15) is 0 Å². The third kappa shape index (κ3) is 2.79. The first-order chi connectivity index (χ1) is 7.66. The minimum Gasteiger partial charge on any atom is -0.378 e. The lowest BCUT2D eigenvalue weighted by Gasteiger charge is -2.30. The van der Waals surface area contributed by atoms with Crippen LogP contribution in [0.3, 0.4) is 0 Å². The van der Waals surface area contributed by atoms with Crippen LogP contribution in [0.5, 0.6) is 0 Å². The number of rotatable bonds is 2. The molecular formula is C12H17IN2O. The van der Waals surface area contributed by atoms with Crippen LogP contribution in [0.15, 0.2) is 18.2 Å². The van der Waals surface area contributed by atoms with Gasteiger partial charge in [-0.1, -0.05) is 0 Å². The summed E-state index contributed by atoms with van der Waals surface area (Å²) in [6.45, 7) is 3.66. The Morgan fingerprint density at radius 2 is 1.88 bits per heavy atom. The number of anilines is 2. The van der Waals surface area contributed by atoms with E-state index in [9.17, 15) is 0 Å². The van der Waals surface area contributed by atoms with E-state index in [2.05, 4.69) is 64.7 Å². The van der Waals surface area contributed by atoms with Crippen molar-refractivity contribution in [3.63, 3.8) is 0 Å². The van der Waals surface area contributed by atoms with Crippen LogP contribution >= 0.6 is 22.6 Å². The standard InChI is InChI=1S/C12H17IN2O/c1-14(2)11-7-10(13)8-12(9-11)15-3-5-16-6-4-15/h7-9H,3-6H2,1-2H3. The minimum atomic E-state index is 0.836. The Bertz CT molecular complexity index is 362. The lowest BCUT2D eigenvalue weighted by Crippen LogP contribution is -2.36. The smallest absolute Gasteiger partial charge is 0.0642 e. The van der Waals surface area contributed by atoms with Crippen LogP contribution in [0.1, 0.15) is 0 Å². The number of hydrogen-bond donors (Lipinski definition) is 0. The molecule has 1 aliphatic heterocycles. The van der Waals surface area contributed by atoms with Crippen molar-refractivity contribution in [2.75, 3.05) is 50.2 Å². The van der Waals surface area contributed by atoms with Crippen LogP contribution in [-0.2, 0) is 4.74 Å². The zero-order chi connectivity index (χ0) is 11.5. The lowest BCUT2D eigenvalue weighted by molar-refractivity contribution is 0.122. The molecule has 1 aliphatic rings. The highest BCUT2D eigenvalue weighted by Gasteiger charge is 2.12. The third-order valence-corrected chi connectivity index (χ3v) is 3.38. The van der Waals surface area contributed by atoms with Crippen LogP contribution in [0.25, 0.3) is 0 Å². The Balaban J connectivity index is 2.25. The van der Waals surface area contributed by atoms with E-state index in [1.165, 1.54) is 14.9 Å². The van der Waals surface area contributed by atoms with E-state index < -0.39 is 0 Å². The first-order valence-electron chi connectivity index (χ1n) is 5.47. The molecule has 1 aromatic carbocycles. The van der Waals surface area contributed by atoms with E-state index in [1.54, 1.807) is 0 Å². The van der Waals surface area contributed by atoms with Gasteiger partial charge >= 0.3 is 0 Å². The van der Waals surface area contributed by atoms with Crippen molar-refractivity contribution in [2.24, 2.45) is 0 Å². The maximum atomic E-state index is 5.38. The van der Waals surface area contributed by atoms with Gasteiger partial charge in [-0.15, -0.1) is 0 Å².